The maximum absolute atomic E-state index is 12.4. The lowest BCUT2D eigenvalue weighted by molar-refractivity contribution is -0.150. The Bertz CT molecular complexity index is 737. The minimum atomic E-state index is -1.01. The van der Waals surface area contributed by atoms with Gasteiger partial charge in [0.1, 0.15) is 12.1 Å². The van der Waals surface area contributed by atoms with E-state index < -0.39 is 42.5 Å². The maximum atomic E-state index is 12.4. The molecule has 1 heterocycles. The van der Waals surface area contributed by atoms with E-state index in [1.807, 2.05) is 6.92 Å². The first-order valence-electron chi connectivity index (χ1n) is 8.60. The van der Waals surface area contributed by atoms with Gasteiger partial charge >= 0.3 is 12.0 Å². The van der Waals surface area contributed by atoms with Crippen LogP contribution in [-0.2, 0) is 19.1 Å². The van der Waals surface area contributed by atoms with Crippen LogP contribution in [0.4, 0.5) is 10.5 Å². The molecule has 146 valence electrons. The lowest BCUT2D eigenvalue weighted by Crippen LogP contribution is -2.44. The molecule has 2 N–H and O–H groups in total. The molecule has 1 aliphatic heterocycles. The van der Waals surface area contributed by atoms with Crippen LogP contribution in [0, 0.1) is 0 Å². The first-order chi connectivity index (χ1) is 12.7. The molecule has 27 heavy (non-hydrogen) atoms. The topological polar surface area (TPSA) is 105 Å². The molecule has 0 spiro atoms. The highest BCUT2D eigenvalue weighted by Gasteiger charge is 2.47. The fourth-order valence-electron chi connectivity index (χ4n) is 2.64. The maximum Gasteiger partial charge on any atom is 0.326 e. The molecule has 0 aliphatic carbocycles. The lowest BCUT2D eigenvalue weighted by atomic mass is 9.95. The molecule has 0 bridgehead atoms. The van der Waals surface area contributed by atoms with Crippen molar-refractivity contribution in [2.75, 3.05) is 18.5 Å². The van der Waals surface area contributed by atoms with Gasteiger partial charge in [0.25, 0.3) is 11.8 Å². The van der Waals surface area contributed by atoms with E-state index in [1.54, 1.807) is 31.2 Å². The zero-order valence-corrected chi connectivity index (χ0v) is 16.0. The molecule has 0 radical (unpaired) electrons. The molecule has 1 atom stereocenters. The van der Waals surface area contributed by atoms with Gasteiger partial charge in [-0.25, -0.2) is 4.79 Å². The van der Waals surface area contributed by atoms with Crippen molar-refractivity contribution in [1.82, 2.24) is 10.2 Å². The van der Waals surface area contributed by atoms with Crippen molar-refractivity contribution in [2.45, 2.75) is 38.6 Å². The fraction of sp³-hybridized carbons (Fsp3) is 0.444. The van der Waals surface area contributed by atoms with Gasteiger partial charge in [0.15, 0.2) is 6.61 Å². The zero-order chi connectivity index (χ0) is 20.0. The van der Waals surface area contributed by atoms with E-state index in [0.29, 0.717) is 17.1 Å². The molecule has 0 aromatic heterocycles. The number of anilines is 1. The number of nitrogens with zero attached hydrogens (tertiary/aromatic N) is 1. The van der Waals surface area contributed by atoms with Crippen LogP contribution < -0.4 is 10.6 Å². The Morgan fingerprint density at radius 3 is 2.56 bits per heavy atom. The second-order valence-corrected chi connectivity index (χ2v) is 6.91. The van der Waals surface area contributed by atoms with Crippen molar-refractivity contribution in [3.63, 3.8) is 0 Å². The Kier molecular flexibility index (Phi) is 6.79. The number of carbonyl (C=O) groups excluding carboxylic acids is 4. The SMILES string of the molecule is CCCC[C@@]1(C)NC(=O)N(CC(=O)OCC(=O)Nc2ccc(Cl)cc2)C1=O. The van der Waals surface area contributed by atoms with Crippen LogP contribution in [0.3, 0.4) is 0 Å². The number of ether oxygens (including phenoxy) is 1. The zero-order valence-electron chi connectivity index (χ0n) is 15.2. The van der Waals surface area contributed by atoms with Gasteiger partial charge in [-0.3, -0.25) is 19.3 Å². The van der Waals surface area contributed by atoms with Crippen LogP contribution in [0.25, 0.3) is 0 Å². The summed E-state index contributed by atoms with van der Waals surface area (Å²) in [6, 6.07) is 5.78. The quantitative estimate of drug-likeness (QED) is 0.519. The second-order valence-electron chi connectivity index (χ2n) is 6.47. The number of hydrogen-bond donors (Lipinski definition) is 2. The standard InChI is InChI=1S/C18H22ClN3O5/c1-3-4-9-18(2)16(25)22(17(26)21-18)10-15(24)27-11-14(23)20-13-7-5-12(19)6-8-13/h5-8H,3-4,9-11H2,1-2H3,(H,20,23)(H,21,26)/t18-/m1/s1. The molecular weight excluding hydrogens is 374 g/mol. The molecular formula is C18H22ClN3O5. The van der Waals surface area contributed by atoms with Gasteiger partial charge in [-0.05, 0) is 37.6 Å². The summed E-state index contributed by atoms with van der Waals surface area (Å²) >= 11 is 5.76. The lowest BCUT2D eigenvalue weighted by Gasteiger charge is -2.21. The minimum Gasteiger partial charge on any atom is -0.454 e. The van der Waals surface area contributed by atoms with E-state index in [-0.39, 0.29) is 0 Å². The molecule has 8 nitrogen and oxygen atoms in total. The summed E-state index contributed by atoms with van der Waals surface area (Å²) in [5.41, 5.74) is -0.513. The predicted molar refractivity (Wildman–Crippen MR) is 99.2 cm³/mol. The summed E-state index contributed by atoms with van der Waals surface area (Å²) in [6.45, 7) is 2.54. The van der Waals surface area contributed by atoms with E-state index in [4.69, 9.17) is 16.3 Å². The summed E-state index contributed by atoms with van der Waals surface area (Å²) in [4.78, 5) is 49.0. The molecule has 1 aromatic rings. The van der Waals surface area contributed by atoms with Gasteiger partial charge in [-0.2, -0.15) is 0 Å². The summed E-state index contributed by atoms with van der Waals surface area (Å²) in [7, 11) is 0. The number of rotatable bonds is 8. The van der Waals surface area contributed by atoms with E-state index in [1.165, 1.54) is 0 Å². The number of hydrogen-bond acceptors (Lipinski definition) is 5. The number of halogens is 1. The number of amides is 4. The van der Waals surface area contributed by atoms with Crippen molar-refractivity contribution < 1.29 is 23.9 Å². The number of unbranched alkanes of at least 4 members (excludes halogenated alkanes) is 1. The third-order valence-electron chi connectivity index (χ3n) is 4.15. The fourth-order valence-corrected chi connectivity index (χ4v) is 2.77. The molecule has 1 aromatic carbocycles. The highest BCUT2D eigenvalue weighted by Crippen LogP contribution is 2.23. The molecule has 9 heteroatoms. The second kappa shape index (κ2) is 8.85. The van der Waals surface area contributed by atoms with E-state index in [0.717, 1.165) is 17.7 Å². The highest BCUT2D eigenvalue weighted by molar-refractivity contribution is 6.30. The Labute approximate surface area is 162 Å². The molecule has 0 unspecified atom stereocenters. The van der Waals surface area contributed by atoms with Crippen LogP contribution >= 0.6 is 11.6 Å². The van der Waals surface area contributed by atoms with Crippen LogP contribution in [0.15, 0.2) is 24.3 Å². The number of nitrogens with one attached hydrogen (secondary N) is 2. The van der Waals surface area contributed by atoms with Crippen molar-refractivity contribution in [3.8, 4) is 0 Å². The van der Waals surface area contributed by atoms with Gasteiger partial charge in [-0.1, -0.05) is 31.4 Å². The summed E-state index contributed by atoms with van der Waals surface area (Å²) in [5, 5.41) is 5.68. The van der Waals surface area contributed by atoms with E-state index in [9.17, 15) is 19.2 Å². The third kappa shape index (κ3) is 5.43. The van der Waals surface area contributed by atoms with Gasteiger partial charge in [0, 0.05) is 10.7 Å². The average molecular weight is 396 g/mol. The number of imide groups is 1. The largest absolute Gasteiger partial charge is 0.454 e. The monoisotopic (exact) mass is 395 g/mol. The Balaban J connectivity index is 1.82. The Morgan fingerprint density at radius 2 is 1.93 bits per heavy atom. The highest BCUT2D eigenvalue weighted by atomic mass is 35.5. The minimum absolute atomic E-state index is 0.469. The molecule has 1 fully saturated rings. The number of urea groups is 1. The molecule has 0 saturated carbocycles. The van der Waals surface area contributed by atoms with Gasteiger partial charge in [0.2, 0.25) is 0 Å². The Morgan fingerprint density at radius 1 is 1.26 bits per heavy atom. The summed E-state index contributed by atoms with van der Waals surface area (Å²) < 4.78 is 4.86. The summed E-state index contributed by atoms with van der Waals surface area (Å²) in [6.07, 6.45) is 2.14. The average Bonchev–Trinajstić information content (AvgIpc) is 2.84. The smallest absolute Gasteiger partial charge is 0.326 e. The number of benzene rings is 1. The van der Waals surface area contributed by atoms with Crippen LogP contribution in [0.2, 0.25) is 5.02 Å². The molecule has 4 amide bonds. The van der Waals surface area contributed by atoms with Crippen molar-refractivity contribution in [1.29, 1.82) is 0 Å². The normalized spacial score (nSPS) is 19.0. The first kappa shape index (κ1) is 20.7. The number of carbonyl (C=O) groups is 4. The van der Waals surface area contributed by atoms with E-state index in [2.05, 4.69) is 10.6 Å². The molecule has 1 aliphatic rings. The van der Waals surface area contributed by atoms with Crippen LogP contribution in [0.5, 0.6) is 0 Å². The summed E-state index contributed by atoms with van der Waals surface area (Å²) in [5.74, 6) is -1.86. The predicted octanol–water partition coefficient (Wildman–Crippen LogP) is 2.32. The molecule has 2 rings (SSSR count). The van der Waals surface area contributed by atoms with Crippen LogP contribution in [-0.4, -0.2) is 47.4 Å². The van der Waals surface area contributed by atoms with Crippen LogP contribution in [0.1, 0.15) is 33.1 Å². The van der Waals surface area contributed by atoms with Crippen molar-refractivity contribution in [3.05, 3.63) is 29.3 Å². The van der Waals surface area contributed by atoms with E-state index >= 15 is 0 Å². The number of esters is 1. The third-order valence-corrected chi connectivity index (χ3v) is 4.41. The van der Waals surface area contributed by atoms with Crippen molar-refractivity contribution in [2.24, 2.45) is 0 Å². The van der Waals surface area contributed by atoms with Gasteiger partial charge in [-0.15, -0.1) is 0 Å². The van der Waals surface area contributed by atoms with Crippen molar-refractivity contribution >= 4 is 41.1 Å². The molecule has 1 saturated heterocycles. The Hall–Kier alpha value is -2.61. The van der Waals surface area contributed by atoms with Gasteiger partial charge in [0.05, 0.1) is 0 Å². The van der Waals surface area contributed by atoms with Gasteiger partial charge < -0.3 is 15.4 Å². The first-order valence-corrected chi connectivity index (χ1v) is 8.98.